The van der Waals surface area contributed by atoms with Crippen molar-refractivity contribution < 1.29 is 23.8 Å². The molecular formula is C28H29NO5. The topological polar surface area (TPSA) is 80.0 Å². The van der Waals surface area contributed by atoms with Crippen LogP contribution in [0.5, 0.6) is 5.75 Å². The second kappa shape index (κ2) is 8.52. The minimum absolute atomic E-state index is 0.00340. The number of ether oxygens (including phenoxy) is 1. The van der Waals surface area contributed by atoms with Crippen LogP contribution in [-0.2, 0) is 15.0 Å². The molecule has 2 heterocycles. The highest BCUT2D eigenvalue weighted by atomic mass is 16.5. The predicted molar refractivity (Wildman–Crippen MR) is 131 cm³/mol. The summed E-state index contributed by atoms with van der Waals surface area (Å²) in [5.41, 5.74) is 2.63. The number of methoxy groups -OCH3 is 1. The zero-order chi connectivity index (χ0) is 24.8. The van der Waals surface area contributed by atoms with Gasteiger partial charge in [-0.25, -0.2) is 0 Å². The molecule has 1 atom stereocenters. The summed E-state index contributed by atoms with van der Waals surface area (Å²) in [6.45, 7) is 9.89. The van der Waals surface area contributed by atoms with Crippen LogP contribution >= 0.6 is 0 Å². The molecule has 0 bridgehead atoms. The summed E-state index contributed by atoms with van der Waals surface area (Å²) in [7, 11) is 1.53. The lowest BCUT2D eigenvalue weighted by atomic mass is 9.84. The first-order valence-electron chi connectivity index (χ1n) is 11.2. The molecule has 1 N–H and O–H groups in total. The number of amides is 1. The molecule has 6 heteroatoms. The highest BCUT2D eigenvalue weighted by molar-refractivity contribution is 6.51. The third-order valence-corrected chi connectivity index (χ3v) is 6.17. The molecule has 0 radical (unpaired) electrons. The molecule has 6 nitrogen and oxygen atoms in total. The normalized spacial score (nSPS) is 17.9. The molecule has 1 aromatic heterocycles. The Balaban J connectivity index is 1.96. The number of aliphatic hydroxyl groups excluding tert-OH is 1. The zero-order valence-corrected chi connectivity index (χ0v) is 20.3. The number of ketones is 1. The number of aryl methyl sites for hydroxylation is 2. The number of nitrogens with zero attached hydrogens (tertiary/aromatic N) is 1. The van der Waals surface area contributed by atoms with Crippen molar-refractivity contribution in [2.45, 2.75) is 46.1 Å². The number of aliphatic hydroxyl groups is 1. The summed E-state index contributed by atoms with van der Waals surface area (Å²) in [5, 5.41) is 11.5. The van der Waals surface area contributed by atoms with E-state index in [4.69, 9.17) is 9.15 Å². The van der Waals surface area contributed by atoms with Crippen LogP contribution in [0.4, 0.5) is 5.69 Å². The zero-order valence-electron chi connectivity index (χ0n) is 20.3. The number of furan rings is 1. The quantitative estimate of drug-likeness (QED) is 0.302. The van der Waals surface area contributed by atoms with Crippen molar-refractivity contribution in [3.05, 3.63) is 88.4 Å². The van der Waals surface area contributed by atoms with Gasteiger partial charge in [0.2, 0.25) is 0 Å². The van der Waals surface area contributed by atoms with E-state index in [1.165, 1.54) is 12.0 Å². The van der Waals surface area contributed by atoms with Crippen molar-refractivity contribution in [2.75, 3.05) is 12.0 Å². The molecule has 0 aliphatic carbocycles. The minimum atomic E-state index is -0.918. The van der Waals surface area contributed by atoms with E-state index >= 15 is 0 Å². The van der Waals surface area contributed by atoms with Crippen LogP contribution in [-0.4, -0.2) is 23.9 Å². The molecule has 0 saturated carbocycles. The summed E-state index contributed by atoms with van der Waals surface area (Å²) in [6.07, 6.45) is 0. The van der Waals surface area contributed by atoms with Crippen LogP contribution in [0.25, 0.3) is 5.76 Å². The SMILES string of the molecule is COc1cccc(N2C(=O)C(=O)/C(=C(/O)c3cc(C(C)(C)C)ccc3C)C2c2ccc(C)o2)c1. The van der Waals surface area contributed by atoms with E-state index in [1.807, 2.05) is 25.1 Å². The Morgan fingerprint density at radius 2 is 1.76 bits per heavy atom. The van der Waals surface area contributed by atoms with Crippen LogP contribution in [0.15, 0.2) is 64.6 Å². The van der Waals surface area contributed by atoms with Gasteiger partial charge < -0.3 is 14.3 Å². The Labute approximate surface area is 199 Å². The van der Waals surface area contributed by atoms with Crippen LogP contribution in [0.2, 0.25) is 0 Å². The number of Topliss-reactive ketones (excluding diaryl/α,β-unsaturated/α-hetero) is 1. The van der Waals surface area contributed by atoms with E-state index in [0.717, 1.165) is 11.1 Å². The third-order valence-electron chi connectivity index (χ3n) is 6.17. The van der Waals surface area contributed by atoms with Gasteiger partial charge in [0.15, 0.2) is 0 Å². The first kappa shape index (κ1) is 23.4. The lowest BCUT2D eigenvalue weighted by Gasteiger charge is -2.24. The van der Waals surface area contributed by atoms with Crippen LogP contribution < -0.4 is 9.64 Å². The summed E-state index contributed by atoms with van der Waals surface area (Å²) in [6, 6.07) is 15.3. The first-order valence-corrected chi connectivity index (χ1v) is 11.2. The Bertz CT molecular complexity index is 1310. The van der Waals surface area contributed by atoms with Crippen molar-refractivity contribution in [2.24, 2.45) is 0 Å². The maximum Gasteiger partial charge on any atom is 0.300 e. The molecule has 1 aliphatic heterocycles. The third kappa shape index (κ3) is 4.00. The van der Waals surface area contributed by atoms with Crippen molar-refractivity contribution in [1.29, 1.82) is 0 Å². The van der Waals surface area contributed by atoms with E-state index in [0.29, 0.717) is 28.5 Å². The van der Waals surface area contributed by atoms with E-state index < -0.39 is 17.7 Å². The maximum absolute atomic E-state index is 13.4. The van der Waals surface area contributed by atoms with Crippen molar-refractivity contribution in [3.63, 3.8) is 0 Å². The van der Waals surface area contributed by atoms with Crippen molar-refractivity contribution in [3.8, 4) is 5.75 Å². The van der Waals surface area contributed by atoms with Gasteiger partial charge in [-0.05, 0) is 60.7 Å². The Morgan fingerprint density at radius 1 is 1.03 bits per heavy atom. The van der Waals surface area contributed by atoms with Crippen LogP contribution in [0, 0.1) is 13.8 Å². The average Bonchev–Trinajstić information content (AvgIpc) is 3.33. The molecular weight excluding hydrogens is 430 g/mol. The summed E-state index contributed by atoms with van der Waals surface area (Å²) in [4.78, 5) is 28.0. The van der Waals surface area contributed by atoms with Gasteiger partial charge in [-0.3, -0.25) is 14.5 Å². The molecule has 34 heavy (non-hydrogen) atoms. The Hall–Kier alpha value is -3.80. The minimum Gasteiger partial charge on any atom is -0.507 e. The van der Waals surface area contributed by atoms with Crippen molar-refractivity contribution >= 4 is 23.1 Å². The standard InChI is InChI=1S/C28H29NO5/c1-16-10-12-18(28(3,4)5)14-21(16)25(30)23-24(22-13-11-17(2)34-22)29(27(32)26(23)31)19-8-7-9-20(15-19)33-6/h7-15,24,30H,1-6H3/b25-23+. The molecule has 1 amide bonds. The van der Waals surface area contributed by atoms with Gasteiger partial charge in [-0.15, -0.1) is 0 Å². The predicted octanol–water partition coefficient (Wildman–Crippen LogP) is 5.83. The molecule has 1 saturated heterocycles. The Kier molecular flexibility index (Phi) is 5.86. The lowest BCUT2D eigenvalue weighted by Crippen LogP contribution is -2.29. The average molecular weight is 460 g/mol. The van der Waals surface area contributed by atoms with Gasteiger partial charge in [-0.2, -0.15) is 0 Å². The smallest absolute Gasteiger partial charge is 0.300 e. The lowest BCUT2D eigenvalue weighted by molar-refractivity contribution is -0.132. The van der Waals surface area contributed by atoms with Gasteiger partial charge in [0.1, 0.15) is 29.1 Å². The van der Waals surface area contributed by atoms with Gasteiger partial charge in [0, 0.05) is 17.3 Å². The number of benzene rings is 2. The van der Waals surface area contributed by atoms with E-state index in [-0.39, 0.29) is 16.7 Å². The molecule has 176 valence electrons. The van der Waals surface area contributed by atoms with Crippen LogP contribution in [0.1, 0.15) is 55.0 Å². The molecule has 2 aromatic carbocycles. The second-order valence-electron chi connectivity index (χ2n) is 9.60. The molecule has 1 unspecified atom stereocenters. The van der Waals surface area contributed by atoms with E-state index in [9.17, 15) is 14.7 Å². The first-order chi connectivity index (χ1) is 16.0. The van der Waals surface area contributed by atoms with Gasteiger partial charge >= 0.3 is 0 Å². The number of hydrogen-bond donors (Lipinski definition) is 1. The van der Waals surface area contributed by atoms with Crippen LogP contribution in [0.3, 0.4) is 0 Å². The van der Waals surface area contributed by atoms with Gasteiger partial charge in [-0.1, -0.05) is 39.0 Å². The fraction of sp³-hybridized carbons (Fsp3) is 0.286. The molecule has 1 aliphatic rings. The van der Waals surface area contributed by atoms with E-state index in [2.05, 4.69) is 20.8 Å². The number of carbonyl (C=O) groups excluding carboxylic acids is 2. The van der Waals surface area contributed by atoms with Gasteiger partial charge in [0.25, 0.3) is 11.7 Å². The van der Waals surface area contributed by atoms with Crippen molar-refractivity contribution in [1.82, 2.24) is 0 Å². The number of rotatable bonds is 4. The maximum atomic E-state index is 13.4. The molecule has 3 aromatic rings. The highest BCUT2D eigenvalue weighted by Gasteiger charge is 2.48. The summed E-state index contributed by atoms with van der Waals surface area (Å²) >= 11 is 0. The van der Waals surface area contributed by atoms with E-state index in [1.54, 1.807) is 43.3 Å². The summed E-state index contributed by atoms with van der Waals surface area (Å²) < 4.78 is 11.2. The highest BCUT2D eigenvalue weighted by Crippen LogP contribution is 2.44. The largest absolute Gasteiger partial charge is 0.507 e. The monoisotopic (exact) mass is 459 g/mol. The number of anilines is 1. The molecule has 1 fully saturated rings. The number of hydrogen-bond acceptors (Lipinski definition) is 5. The van der Waals surface area contributed by atoms with Gasteiger partial charge in [0.05, 0.1) is 12.7 Å². The second-order valence-corrected chi connectivity index (χ2v) is 9.60. The summed E-state index contributed by atoms with van der Waals surface area (Å²) in [5.74, 6) is -0.143. The fourth-order valence-corrected chi connectivity index (χ4v) is 4.22. The molecule has 0 spiro atoms. The molecule has 4 rings (SSSR count). The number of carbonyl (C=O) groups is 2. The Morgan fingerprint density at radius 3 is 2.38 bits per heavy atom. The fourth-order valence-electron chi connectivity index (χ4n) is 4.22.